The topological polar surface area (TPSA) is 32.3 Å². The van der Waals surface area contributed by atoms with Gasteiger partial charge in [-0.3, -0.25) is 4.98 Å². The van der Waals surface area contributed by atoms with Crippen LogP contribution in [-0.4, -0.2) is 48.1 Å². The average Bonchev–Trinajstić information content (AvgIpc) is 2.29. The lowest BCUT2D eigenvalue weighted by Gasteiger charge is -2.35. The van der Waals surface area contributed by atoms with Gasteiger partial charge in [-0.1, -0.05) is 11.6 Å². The van der Waals surface area contributed by atoms with Crippen molar-refractivity contribution in [2.24, 2.45) is 0 Å². The predicted octanol–water partition coefficient (Wildman–Crippen LogP) is 1.66. The van der Waals surface area contributed by atoms with E-state index in [-0.39, 0.29) is 0 Å². The number of anilines is 1. The maximum atomic E-state index is 5.84. The molecule has 5 heteroatoms. The molecule has 0 unspecified atom stereocenters. The first-order valence-electron chi connectivity index (χ1n) is 5.56. The Morgan fingerprint density at radius 1 is 1.38 bits per heavy atom. The van der Waals surface area contributed by atoms with Crippen LogP contribution < -0.4 is 4.90 Å². The van der Waals surface area contributed by atoms with Gasteiger partial charge in [0, 0.05) is 13.1 Å². The zero-order chi connectivity index (χ0) is 11.5. The summed E-state index contributed by atoms with van der Waals surface area (Å²) in [5.41, 5.74) is 0. The highest BCUT2D eigenvalue weighted by Gasteiger charge is 2.21. The number of nitrogens with zero attached hydrogens (tertiary/aromatic N) is 4. The molecule has 0 saturated carbocycles. The minimum absolute atomic E-state index is 0.456. The Morgan fingerprint density at radius 2 is 2.06 bits per heavy atom. The molecule has 0 aliphatic carbocycles. The molecule has 1 aromatic rings. The zero-order valence-electron chi connectivity index (χ0n) is 9.73. The van der Waals surface area contributed by atoms with Crippen LogP contribution in [0, 0.1) is 0 Å². The van der Waals surface area contributed by atoms with E-state index in [0.717, 1.165) is 18.9 Å². The summed E-state index contributed by atoms with van der Waals surface area (Å²) in [4.78, 5) is 12.9. The van der Waals surface area contributed by atoms with Crippen LogP contribution in [0.15, 0.2) is 12.4 Å². The molecule has 1 fully saturated rings. The van der Waals surface area contributed by atoms with Gasteiger partial charge < -0.3 is 9.80 Å². The number of halogens is 1. The van der Waals surface area contributed by atoms with E-state index in [1.807, 2.05) is 0 Å². The van der Waals surface area contributed by atoms with Crippen LogP contribution in [0.25, 0.3) is 0 Å². The van der Waals surface area contributed by atoms with E-state index in [1.165, 1.54) is 12.8 Å². The van der Waals surface area contributed by atoms with Gasteiger partial charge in [-0.25, -0.2) is 4.98 Å². The van der Waals surface area contributed by atoms with Crippen molar-refractivity contribution in [1.29, 1.82) is 0 Å². The Labute approximate surface area is 101 Å². The lowest BCUT2D eigenvalue weighted by molar-refractivity contribution is 0.252. The fourth-order valence-corrected chi connectivity index (χ4v) is 2.21. The number of piperidine rings is 1. The summed E-state index contributed by atoms with van der Waals surface area (Å²) in [6, 6.07) is 0.545. The van der Waals surface area contributed by atoms with Gasteiger partial charge in [-0.2, -0.15) is 0 Å². The molecule has 16 heavy (non-hydrogen) atoms. The van der Waals surface area contributed by atoms with Gasteiger partial charge in [0.15, 0.2) is 0 Å². The second kappa shape index (κ2) is 4.97. The van der Waals surface area contributed by atoms with Gasteiger partial charge in [-0.05, 0) is 33.0 Å². The summed E-state index contributed by atoms with van der Waals surface area (Å²) < 4.78 is 0. The summed E-state index contributed by atoms with van der Waals surface area (Å²) in [6.45, 7) is 2.28. The van der Waals surface area contributed by atoms with Crippen LogP contribution in [-0.2, 0) is 0 Å². The standard InChI is InChI=1S/C11H17ClN4/c1-15-5-3-9(4-6-15)16(2)11-8-13-7-10(12)14-11/h7-9H,3-6H2,1-2H3. The maximum absolute atomic E-state index is 5.84. The second-order valence-corrected chi connectivity index (χ2v) is 4.73. The van der Waals surface area contributed by atoms with Crippen molar-refractivity contribution in [3.63, 3.8) is 0 Å². The molecular formula is C11H17ClN4. The highest BCUT2D eigenvalue weighted by Crippen LogP contribution is 2.20. The van der Waals surface area contributed by atoms with E-state index in [9.17, 15) is 0 Å². The van der Waals surface area contributed by atoms with Gasteiger partial charge >= 0.3 is 0 Å². The number of hydrogen-bond acceptors (Lipinski definition) is 4. The van der Waals surface area contributed by atoms with Crippen molar-refractivity contribution in [2.75, 3.05) is 32.1 Å². The Kier molecular flexibility index (Phi) is 3.61. The van der Waals surface area contributed by atoms with Gasteiger partial charge in [-0.15, -0.1) is 0 Å². The third-order valence-corrected chi connectivity index (χ3v) is 3.37. The van der Waals surface area contributed by atoms with Crippen LogP contribution in [0.3, 0.4) is 0 Å². The quantitative estimate of drug-likeness (QED) is 0.787. The largest absolute Gasteiger partial charge is 0.355 e. The van der Waals surface area contributed by atoms with Crippen LogP contribution in [0.5, 0.6) is 0 Å². The van der Waals surface area contributed by atoms with Gasteiger partial charge in [0.25, 0.3) is 0 Å². The lowest BCUT2D eigenvalue weighted by Crippen LogP contribution is -2.42. The molecule has 88 valence electrons. The van der Waals surface area contributed by atoms with Crippen molar-refractivity contribution in [3.05, 3.63) is 17.5 Å². The number of hydrogen-bond donors (Lipinski definition) is 0. The molecule has 0 radical (unpaired) electrons. The minimum Gasteiger partial charge on any atom is -0.355 e. The summed E-state index contributed by atoms with van der Waals surface area (Å²) in [5.74, 6) is 0.863. The SMILES string of the molecule is CN1CCC(N(C)c2cncc(Cl)n2)CC1. The molecule has 2 heterocycles. The second-order valence-electron chi connectivity index (χ2n) is 4.35. The first kappa shape index (κ1) is 11.6. The molecule has 0 aromatic carbocycles. The van der Waals surface area contributed by atoms with Crippen LogP contribution >= 0.6 is 11.6 Å². The van der Waals surface area contributed by atoms with Crippen molar-refractivity contribution >= 4 is 17.4 Å². The van der Waals surface area contributed by atoms with E-state index in [1.54, 1.807) is 12.4 Å². The van der Waals surface area contributed by atoms with Crippen molar-refractivity contribution < 1.29 is 0 Å². The fourth-order valence-electron chi connectivity index (χ4n) is 2.07. The Bertz CT molecular complexity index is 350. The van der Waals surface area contributed by atoms with E-state index in [0.29, 0.717) is 11.2 Å². The van der Waals surface area contributed by atoms with Gasteiger partial charge in [0.1, 0.15) is 11.0 Å². The van der Waals surface area contributed by atoms with Crippen molar-refractivity contribution in [2.45, 2.75) is 18.9 Å². The minimum atomic E-state index is 0.456. The lowest BCUT2D eigenvalue weighted by atomic mass is 10.0. The summed E-state index contributed by atoms with van der Waals surface area (Å²) in [7, 11) is 4.23. The summed E-state index contributed by atoms with van der Waals surface area (Å²) in [6.07, 6.45) is 5.67. The average molecular weight is 241 g/mol. The number of aromatic nitrogens is 2. The van der Waals surface area contributed by atoms with E-state index in [2.05, 4.69) is 33.9 Å². The van der Waals surface area contributed by atoms with Crippen LogP contribution in [0.2, 0.25) is 5.15 Å². The highest BCUT2D eigenvalue weighted by atomic mass is 35.5. The Morgan fingerprint density at radius 3 is 2.69 bits per heavy atom. The monoisotopic (exact) mass is 240 g/mol. The first-order chi connectivity index (χ1) is 7.66. The first-order valence-corrected chi connectivity index (χ1v) is 5.93. The molecule has 1 saturated heterocycles. The van der Waals surface area contributed by atoms with E-state index in [4.69, 9.17) is 11.6 Å². The van der Waals surface area contributed by atoms with Crippen LogP contribution in [0.4, 0.5) is 5.82 Å². The Hall–Kier alpha value is -0.870. The molecule has 0 amide bonds. The third-order valence-electron chi connectivity index (χ3n) is 3.19. The van der Waals surface area contributed by atoms with Crippen molar-refractivity contribution in [1.82, 2.24) is 14.9 Å². The fraction of sp³-hybridized carbons (Fsp3) is 0.636. The van der Waals surface area contributed by atoms with Crippen molar-refractivity contribution in [3.8, 4) is 0 Å². The smallest absolute Gasteiger partial charge is 0.149 e. The molecule has 0 spiro atoms. The molecule has 0 bridgehead atoms. The number of likely N-dealkylation sites (tertiary alicyclic amines) is 1. The molecule has 0 N–H and O–H groups in total. The summed E-state index contributed by atoms with van der Waals surface area (Å²) in [5, 5.41) is 0.456. The molecule has 1 aliphatic rings. The normalized spacial score (nSPS) is 18.7. The molecule has 1 aromatic heterocycles. The van der Waals surface area contributed by atoms with Crippen LogP contribution in [0.1, 0.15) is 12.8 Å². The molecule has 2 rings (SSSR count). The number of rotatable bonds is 2. The predicted molar refractivity (Wildman–Crippen MR) is 66.0 cm³/mol. The highest BCUT2D eigenvalue weighted by molar-refractivity contribution is 6.29. The molecule has 4 nitrogen and oxygen atoms in total. The molecule has 1 aliphatic heterocycles. The molecule has 0 atom stereocenters. The summed E-state index contributed by atoms with van der Waals surface area (Å²) >= 11 is 5.84. The maximum Gasteiger partial charge on any atom is 0.149 e. The Balaban J connectivity index is 2.04. The van der Waals surface area contributed by atoms with E-state index < -0.39 is 0 Å². The van der Waals surface area contributed by atoms with Gasteiger partial charge in [0.2, 0.25) is 0 Å². The third kappa shape index (κ3) is 2.62. The molecular weight excluding hydrogens is 224 g/mol. The van der Waals surface area contributed by atoms with E-state index >= 15 is 0 Å². The van der Waals surface area contributed by atoms with Gasteiger partial charge in [0.05, 0.1) is 12.4 Å². The zero-order valence-corrected chi connectivity index (χ0v) is 10.5.